The zero-order valence-electron chi connectivity index (χ0n) is 20.3. The van der Waals surface area contributed by atoms with Crippen LogP contribution in [0.4, 0.5) is 36.4 Å². The number of ether oxygens (including phenoxy) is 3. The second kappa shape index (κ2) is 11.0. The van der Waals surface area contributed by atoms with Crippen LogP contribution in [0.25, 0.3) is 0 Å². The van der Waals surface area contributed by atoms with Gasteiger partial charge in [0.1, 0.15) is 28.3 Å². The van der Waals surface area contributed by atoms with Crippen LogP contribution < -0.4 is 25.3 Å². The molecular weight excluding hydrogens is 557 g/mol. The third-order valence-corrected chi connectivity index (χ3v) is 4.64. The molecule has 0 aliphatic rings. The fourth-order valence-electron chi connectivity index (χ4n) is 3.12. The number of nitrogens with one attached hydrogen (secondary N) is 1. The average molecular weight is 573 g/mol. The molecule has 0 aliphatic heterocycles. The second-order valence-corrected chi connectivity index (χ2v) is 8.36. The molecule has 40 heavy (non-hydrogen) atoms. The summed E-state index contributed by atoms with van der Waals surface area (Å²) in [7, 11) is 2.20. The van der Waals surface area contributed by atoms with Crippen LogP contribution >= 0.6 is 0 Å². The van der Waals surface area contributed by atoms with Crippen molar-refractivity contribution in [3.63, 3.8) is 0 Å². The van der Waals surface area contributed by atoms with Crippen LogP contribution in [0, 0.1) is 5.82 Å². The largest absolute Gasteiger partial charge is 0.573 e. The number of benzene rings is 2. The van der Waals surface area contributed by atoms with Gasteiger partial charge in [0.15, 0.2) is 33.0 Å². The number of pyridine rings is 1. The Morgan fingerprint density at radius 1 is 0.925 bits per heavy atom. The maximum absolute atomic E-state index is 15.1. The van der Waals surface area contributed by atoms with Crippen LogP contribution in [0.5, 0.6) is 23.0 Å². The number of alkyl halides is 6. The quantitative estimate of drug-likeness (QED) is 0.215. The third-order valence-electron chi connectivity index (χ3n) is 4.64. The molecular formula is C22H16B2F7N3O6. The molecule has 0 unspecified atom stereocenters. The summed E-state index contributed by atoms with van der Waals surface area (Å²) in [5.41, 5.74) is -0.393. The molecule has 3 aromatic rings. The molecule has 1 aromatic heterocycles. The third kappa shape index (κ3) is 7.78. The molecule has 9 nitrogen and oxygen atoms in total. The van der Waals surface area contributed by atoms with E-state index in [4.69, 9.17) is 15.2 Å². The Morgan fingerprint density at radius 3 is 2.10 bits per heavy atom. The number of rotatable bonds is 8. The lowest BCUT2D eigenvalue weighted by molar-refractivity contribution is -0.274. The van der Waals surface area contributed by atoms with Crippen molar-refractivity contribution in [3.8, 4) is 23.0 Å². The summed E-state index contributed by atoms with van der Waals surface area (Å²) in [4.78, 5) is 27.7. The first kappa shape index (κ1) is 30.1. The minimum Gasteiger partial charge on any atom is -0.476 e. The number of nitrogens with zero attached hydrogens (tertiary/aromatic N) is 1. The van der Waals surface area contributed by atoms with Crippen molar-refractivity contribution in [3.05, 3.63) is 71.3 Å². The molecule has 0 atom stereocenters. The molecule has 0 bridgehead atoms. The lowest BCUT2D eigenvalue weighted by Crippen LogP contribution is -2.36. The molecule has 0 spiro atoms. The highest BCUT2D eigenvalue weighted by Crippen LogP contribution is 2.41. The molecule has 0 aliphatic carbocycles. The number of halogens is 7. The Morgan fingerprint density at radius 2 is 1.57 bits per heavy atom. The predicted octanol–water partition coefficient (Wildman–Crippen LogP) is 2.53. The van der Waals surface area contributed by atoms with E-state index >= 15 is 4.39 Å². The average Bonchev–Trinajstić information content (AvgIpc) is 2.78. The highest BCUT2D eigenvalue weighted by Gasteiger charge is 2.38. The number of aromatic nitrogens is 1. The van der Waals surface area contributed by atoms with E-state index in [2.05, 4.69) is 15.0 Å². The summed E-state index contributed by atoms with van der Waals surface area (Å²) in [6, 6.07) is 5.30. The van der Waals surface area contributed by atoms with Crippen LogP contribution in [0.15, 0.2) is 48.7 Å². The Hall–Kier alpha value is -4.47. The van der Waals surface area contributed by atoms with Gasteiger partial charge in [-0.15, -0.1) is 13.2 Å². The van der Waals surface area contributed by atoms with Crippen molar-refractivity contribution >= 4 is 33.2 Å². The van der Waals surface area contributed by atoms with Gasteiger partial charge in [-0.2, -0.15) is 13.2 Å². The minimum absolute atomic E-state index is 0.169. The number of primary amides is 1. The van der Waals surface area contributed by atoms with E-state index in [-0.39, 0.29) is 17.4 Å². The van der Waals surface area contributed by atoms with E-state index < -0.39 is 69.9 Å². The number of aliphatic hydroxyl groups is 1. The van der Waals surface area contributed by atoms with Gasteiger partial charge in [0.2, 0.25) is 0 Å². The maximum Gasteiger partial charge on any atom is 0.573 e. The summed E-state index contributed by atoms with van der Waals surface area (Å²) in [5, 5.41) is 12.1. The van der Waals surface area contributed by atoms with Crippen molar-refractivity contribution in [1.29, 1.82) is 0 Å². The van der Waals surface area contributed by atoms with Crippen LogP contribution in [0.3, 0.4) is 0 Å². The number of carbonyl (C=O) groups excluding carboxylic acids is 2. The molecule has 18 heteroatoms. The SMILES string of the molecule is BC(B)(O)Oc1cc(OC(F)(F)F)ccc1Oc1ccc(C(F)(F)F)c(F)c1C(=O)Nc1ccc(C(N)=O)nc1. The molecule has 0 fully saturated rings. The van der Waals surface area contributed by atoms with Gasteiger partial charge in [0, 0.05) is 6.07 Å². The van der Waals surface area contributed by atoms with E-state index in [0.29, 0.717) is 12.1 Å². The van der Waals surface area contributed by atoms with Gasteiger partial charge in [0.05, 0.1) is 17.4 Å². The molecule has 1 heterocycles. The van der Waals surface area contributed by atoms with Crippen molar-refractivity contribution in [2.45, 2.75) is 18.1 Å². The van der Waals surface area contributed by atoms with Gasteiger partial charge >= 0.3 is 12.5 Å². The van der Waals surface area contributed by atoms with Crippen LogP contribution in [-0.4, -0.2) is 49.5 Å². The van der Waals surface area contributed by atoms with Crippen LogP contribution in [-0.2, 0) is 6.18 Å². The number of nitrogens with two attached hydrogens (primary N) is 1. The van der Waals surface area contributed by atoms with E-state index in [1.54, 1.807) is 0 Å². The molecule has 2 aromatic carbocycles. The van der Waals surface area contributed by atoms with Crippen molar-refractivity contribution in [2.24, 2.45) is 5.73 Å². The lowest BCUT2D eigenvalue weighted by Gasteiger charge is -2.24. The summed E-state index contributed by atoms with van der Waals surface area (Å²) in [6.45, 7) is 0. The molecule has 0 radical (unpaired) electrons. The fraction of sp³-hybridized carbons (Fsp3) is 0.136. The van der Waals surface area contributed by atoms with Gasteiger partial charge < -0.3 is 30.4 Å². The predicted molar refractivity (Wildman–Crippen MR) is 128 cm³/mol. The van der Waals surface area contributed by atoms with Gasteiger partial charge in [0.25, 0.3) is 11.8 Å². The highest BCUT2D eigenvalue weighted by molar-refractivity contribution is 6.37. The summed E-state index contributed by atoms with van der Waals surface area (Å²) in [6.07, 6.45) is -9.41. The first-order chi connectivity index (χ1) is 18.3. The highest BCUT2D eigenvalue weighted by atomic mass is 19.4. The Labute approximate surface area is 221 Å². The van der Waals surface area contributed by atoms with Crippen molar-refractivity contribution in [2.75, 3.05) is 5.32 Å². The van der Waals surface area contributed by atoms with E-state index in [0.717, 1.165) is 46.2 Å². The van der Waals surface area contributed by atoms with Gasteiger partial charge in [-0.05, 0) is 36.4 Å². The van der Waals surface area contributed by atoms with Gasteiger partial charge in [-0.3, -0.25) is 9.59 Å². The Kier molecular flexibility index (Phi) is 8.24. The summed E-state index contributed by atoms with van der Waals surface area (Å²) < 4.78 is 108. The van der Waals surface area contributed by atoms with Crippen molar-refractivity contribution < 1.29 is 59.6 Å². The topological polar surface area (TPSA) is 133 Å². The number of carbonyl (C=O) groups is 2. The minimum atomic E-state index is -5.23. The first-order valence-corrected chi connectivity index (χ1v) is 10.8. The molecule has 4 N–H and O–H groups in total. The summed E-state index contributed by atoms with van der Waals surface area (Å²) in [5.74, 6) is -7.16. The molecule has 2 amide bonds. The summed E-state index contributed by atoms with van der Waals surface area (Å²) >= 11 is 0. The maximum atomic E-state index is 15.1. The molecule has 0 saturated heterocycles. The van der Waals surface area contributed by atoms with E-state index in [9.17, 15) is 41.0 Å². The lowest BCUT2D eigenvalue weighted by atomic mass is 9.76. The second-order valence-electron chi connectivity index (χ2n) is 8.36. The Balaban J connectivity index is 2.08. The Bertz CT molecular complexity index is 1430. The van der Waals surface area contributed by atoms with Gasteiger partial charge in [-0.1, -0.05) is 0 Å². The normalized spacial score (nSPS) is 12.0. The zero-order chi connectivity index (χ0) is 30.0. The number of hydrogen-bond donors (Lipinski definition) is 3. The van der Waals surface area contributed by atoms with Crippen molar-refractivity contribution in [1.82, 2.24) is 4.98 Å². The van der Waals surface area contributed by atoms with E-state index in [1.807, 2.05) is 0 Å². The number of hydrogen-bond acceptors (Lipinski definition) is 7. The number of amides is 2. The van der Waals surface area contributed by atoms with Crippen LogP contribution in [0.1, 0.15) is 26.4 Å². The van der Waals surface area contributed by atoms with Crippen LogP contribution in [0.2, 0.25) is 0 Å². The monoisotopic (exact) mass is 573 g/mol. The van der Waals surface area contributed by atoms with E-state index in [1.165, 1.54) is 0 Å². The number of anilines is 1. The standard InChI is InChI=1S/C22H16B2F7N3O6/c23-21(24,37)40-15-7-10(39-22(29,30)31)2-5-13(15)38-14-6-3-11(20(26,27)28)17(25)16(14)19(36)34-9-1-4-12(18(32)35)33-8-9/h1-8,37H,23-24H2,(H2,32,35)(H,34,36). The molecule has 210 valence electrons. The smallest absolute Gasteiger partial charge is 0.476 e. The zero-order valence-corrected chi connectivity index (χ0v) is 20.3. The molecule has 0 saturated carbocycles. The first-order valence-electron chi connectivity index (χ1n) is 10.8. The molecule has 3 rings (SSSR count). The van der Waals surface area contributed by atoms with Gasteiger partial charge in [-0.25, -0.2) is 9.37 Å². The fourth-order valence-corrected chi connectivity index (χ4v) is 3.12.